The second-order valence-electron chi connectivity index (χ2n) is 2.51. The van der Waals surface area contributed by atoms with Gasteiger partial charge in [0.25, 0.3) is 0 Å². The predicted molar refractivity (Wildman–Crippen MR) is 56.1 cm³/mol. The van der Waals surface area contributed by atoms with Crippen molar-refractivity contribution >= 4 is 17.6 Å². The first kappa shape index (κ1) is 10.3. The van der Waals surface area contributed by atoms with Crippen molar-refractivity contribution in [3.05, 3.63) is 11.8 Å². The van der Waals surface area contributed by atoms with Gasteiger partial charge in [0, 0.05) is 25.4 Å². The van der Waals surface area contributed by atoms with E-state index >= 15 is 0 Å². The van der Waals surface area contributed by atoms with Crippen LogP contribution in [0.25, 0.3) is 0 Å². The van der Waals surface area contributed by atoms with Gasteiger partial charge in [-0.1, -0.05) is 11.8 Å². The zero-order valence-electron chi connectivity index (χ0n) is 8.09. The largest absolute Gasteiger partial charge is 0.373 e. The smallest absolute Gasteiger partial charge is 0.189 e. The zero-order valence-corrected chi connectivity index (χ0v) is 8.90. The molecule has 0 bridgehead atoms. The van der Waals surface area contributed by atoms with Gasteiger partial charge in [0.15, 0.2) is 5.16 Å². The van der Waals surface area contributed by atoms with Gasteiger partial charge < -0.3 is 10.6 Å². The molecule has 0 saturated carbocycles. The van der Waals surface area contributed by atoms with E-state index < -0.39 is 0 Å². The van der Waals surface area contributed by atoms with Crippen LogP contribution in [-0.2, 0) is 6.54 Å². The normalized spacial score (nSPS) is 10.1. The molecule has 0 atom stereocenters. The number of anilines is 1. The minimum Gasteiger partial charge on any atom is -0.373 e. The molecule has 0 aliphatic heterocycles. The van der Waals surface area contributed by atoms with E-state index in [1.165, 1.54) is 0 Å². The van der Waals surface area contributed by atoms with E-state index in [0.717, 1.165) is 23.1 Å². The van der Waals surface area contributed by atoms with Gasteiger partial charge in [0.1, 0.15) is 5.82 Å². The number of rotatable bonds is 4. The zero-order chi connectivity index (χ0) is 9.68. The number of hydrogen-bond acceptors (Lipinski definition) is 5. The van der Waals surface area contributed by atoms with Crippen LogP contribution in [0.5, 0.6) is 0 Å². The number of aromatic nitrogens is 2. The van der Waals surface area contributed by atoms with Crippen LogP contribution in [0.3, 0.4) is 0 Å². The highest BCUT2D eigenvalue weighted by Gasteiger charge is 2.03. The first-order valence-corrected chi connectivity index (χ1v) is 5.26. The summed E-state index contributed by atoms with van der Waals surface area (Å²) in [6, 6.07) is 0. The summed E-state index contributed by atoms with van der Waals surface area (Å²) in [6.07, 6.45) is 3.81. The summed E-state index contributed by atoms with van der Waals surface area (Å²) in [5.74, 6) is 0.897. The Morgan fingerprint density at radius 2 is 2.23 bits per heavy atom. The van der Waals surface area contributed by atoms with Crippen molar-refractivity contribution in [3.8, 4) is 0 Å². The van der Waals surface area contributed by atoms with Gasteiger partial charge in [-0.05, 0) is 13.3 Å². The van der Waals surface area contributed by atoms with Crippen LogP contribution >= 0.6 is 11.8 Å². The number of hydrogen-bond donors (Lipinski definition) is 2. The lowest BCUT2D eigenvalue weighted by Crippen LogP contribution is -2.09. The number of thioether (sulfide) groups is 1. The Hall–Kier alpha value is -0.810. The van der Waals surface area contributed by atoms with Crippen LogP contribution in [-0.4, -0.2) is 30.3 Å². The van der Waals surface area contributed by atoms with Crippen LogP contribution in [0.4, 0.5) is 5.82 Å². The fourth-order valence-corrected chi connectivity index (χ4v) is 1.37. The van der Waals surface area contributed by atoms with Gasteiger partial charge in [-0.3, -0.25) is 0 Å². The lowest BCUT2D eigenvalue weighted by atomic mass is 10.3. The summed E-state index contributed by atoms with van der Waals surface area (Å²) in [5.41, 5.74) is 1.09. The maximum absolute atomic E-state index is 4.33. The monoisotopic (exact) mass is 198 g/mol. The molecule has 1 rings (SSSR count). The Morgan fingerprint density at radius 1 is 1.46 bits per heavy atom. The van der Waals surface area contributed by atoms with Gasteiger partial charge >= 0.3 is 0 Å². The van der Waals surface area contributed by atoms with Gasteiger partial charge in [-0.2, -0.15) is 0 Å². The fraction of sp³-hybridized carbons (Fsp3) is 0.500. The molecule has 13 heavy (non-hydrogen) atoms. The van der Waals surface area contributed by atoms with Gasteiger partial charge in [0.2, 0.25) is 0 Å². The topological polar surface area (TPSA) is 49.8 Å². The third kappa shape index (κ3) is 2.57. The lowest BCUT2D eigenvalue weighted by molar-refractivity contribution is 0.796. The van der Waals surface area contributed by atoms with Crippen LogP contribution in [0.2, 0.25) is 0 Å². The fourth-order valence-electron chi connectivity index (χ4n) is 1.03. The predicted octanol–water partition coefficient (Wildman–Crippen LogP) is 0.960. The Morgan fingerprint density at radius 3 is 2.77 bits per heavy atom. The second-order valence-corrected chi connectivity index (χ2v) is 3.28. The Labute approximate surface area is 82.6 Å². The molecular formula is C8H14N4S. The van der Waals surface area contributed by atoms with E-state index in [2.05, 4.69) is 20.6 Å². The lowest BCUT2D eigenvalue weighted by Gasteiger charge is -2.07. The van der Waals surface area contributed by atoms with E-state index in [4.69, 9.17) is 0 Å². The minimum atomic E-state index is 0.783. The highest BCUT2D eigenvalue weighted by molar-refractivity contribution is 7.98. The van der Waals surface area contributed by atoms with Crippen molar-refractivity contribution in [3.63, 3.8) is 0 Å². The molecule has 1 aromatic heterocycles. The van der Waals surface area contributed by atoms with Gasteiger partial charge in [0.05, 0.1) is 0 Å². The third-order valence-electron chi connectivity index (χ3n) is 1.63. The van der Waals surface area contributed by atoms with Crippen molar-refractivity contribution in [1.29, 1.82) is 0 Å². The molecule has 0 aliphatic rings. The highest BCUT2D eigenvalue weighted by Crippen LogP contribution is 2.15. The quantitative estimate of drug-likeness (QED) is 0.557. The van der Waals surface area contributed by atoms with Crippen LogP contribution in [0.15, 0.2) is 11.4 Å². The van der Waals surface area contributed by atoms with E-state index in [1.807, 2.05) is 26.5 Å². The molecule has 0 unspecified atom stereocenters. The molecule has 0 aliphatic carbocycles. The summed E-state index contributed by atoms with van der Waals surface area (Å²) < 4.78 is 0. The van der Waals surface area contributed by atoms with Crippen molar-refractivity contribution in [1.82, 2.24) is 15.3 Å². The standard InChI is InChI=1S/C8H14N4S/c1-9-4-6-5-11-8(13-3)12-7(6)10-2/h5,9H,4H2,1-3H3,(H,10,11,12). The third-order valence-corrected chi connectivity index (χ3v) is 2.19. The van der Waals surface area contributed by atoms with Gasteiger partial charge in [-0.25, -0.2) is 9.97 Å². The molecule has 4 nitrogen and oxygen atoms in total. The summed E-state index contributed by atoms with van der Waals surface area (Å²) in [4.78, 5) is 8.53. The van der Waals surface area contributed by atoms with E-state index in [-0.39, 0.29) is 0 Å². The maximum atomic E-state index is 4.33. The molecule has 5 heteroatoms. The van der Waals surface area contributed by atoms with E-state index in [9.17, 15) is 0 Å². The molecule has 2 N–H and O–H groups in total. The SMILES string of the molecule is CNCc1cnc(SC)nc1NC. The average Bonchev–Trinajstić information content (AvgIpc) is 2.19. The first-order valence-electron chi connectivity index (χ1n) is 4.04. The minimum absolute atomic E-state index is 0.783. The summed E-state index contributed by atoms with van der Waals surface area (Å²) in [6.45, 7) is 0.783. The average molecular weight is 198 g/mol. The van der Waals surface area contributed by atoms with Crippen molar-refractivity contribution in [2.75, 3.05) is 25.7 Å². The van der Waals surface area contributed by atoms with E-state index in [1.54, 1.807) is 11.8 Å². The van der Waals surface area contributed by atoms with E-state index in [0.29, 0.717) is 0 Å². The molecule has 1 aromatic rings. The molecule has 0 spiro atoms. The Bertz CT molecular complexity index is 277. The highest BCUT2D eigenvalue weighted by atomic mass is 32.2. The molecule has 0 saturated heterocycles. The Balaban J connectivity index is 2.93. The molecule has 1 heterocycles. The van der Waals surface area contributed by atoms with Crippen molar-refractivity contribution in [2.24, 2.45) is 0 Å². The molecule has 72 valence electrons. The van der Waals surface area contributed by atoms with Crippen LogP contribution in [0, 0.1) is 0 Å². The van der Waals surface area contributed by atoms with Gasteiger partial charge in [-0.15, -0.1) is 0 Å². The number of nitrogens with zero attached hydrogens (tertiary/aromatic N) is 2. The summed E-state index contributed by atoms with van der Waals surface area (Å²) in [7, 11) is 3.77. The molecule has 0 radical (unpaired) electrons. The molecule has 0 fully saturated rings. The Kier molecular flexibility index (Phi) is 3.98. The molecule has 0 aromatic carbocycles. The van der Waals surface area contributed by atoms with Crippen molar-refractivity contribution in [2.45, 2.75) is 11.7 Å². The summed E-state index contributed by atoms with van der Waals surface area (Å²) >= 11 is 1.54. The van der Waals surface area contributed by atoms with Crippen molar-refractivity contribution < 1.29 is 0 Å². The second kappa shape index (κ2) is 5.04. The van der Waals surface area contributed by atoms with Crippen LogP contribution in [0.1, 0.15) is 5.56 Å². The first-order chi connectivity index (χ1) is 6.31. The van der Waals surface area contributed by atoms with Crippen LogP contribution < -0.4 is 10.6 Å². The molecular weight excluding hydrogens is 184 g/mol. The maximum Gasteiger partial charge on any atom is 0.189 e. The molecule has 0 amide bonds. The summed E-state index contributed by atoms with van der Waals surface area (Å²) in [5, 5.41) is 6.92. The number of nitrogens with one attached hydrogen (secondary N) is 2.